The van der Waals surface area contributed by atoms with Gasteiger partial charge in [-0.25, -0.2) is 0 Å². The van der Waals surface area contributed by atoms with Gasteiger partial charge in [0.25, 0.3) is 0 Å². The van der Waals surface area contributed by atoms with Crippen LogP contribution in [0.1, 0.15) is 30.9 Å². The highest BCUT2D eigenvalue weighted by molar-refractivity contribution is 6.39. The summed E-state index contributed by atoms with van der Waals surface area (Å²) in [6, 6.07) is 8.63. The van der Waals surface area contributed by atoms with Gasteiger partial charge in [0.15, 0.2) is 0 Å². The lowest BCUT2D eigenvalue weighted by atomic mass is 9.74. The van der Waals surface area contributed by atoms with Crippen LogP contribution in [0.25, 0.3) is 0 Å². The van der Waals surface area contributed by atoms with E-state index in [1.54, 1.807) is 19.1 Å². The van der Waals surface area contributed by atoms with E-state index in [-0.39, 0.29) is 12.0 Å². The minimum atomic E-state index is -0.788. The number of fused-ring (bicyclic) bond motifs is 2. The number of carboxylic acids is 1. The molecule has 1 atom stereocenters. The summed E-state index contributed by atoms with van der Waals surface area (Å²) in [5, 5.41) is 10.7. The van der Waals surface area contributed by atoms with Gasteiger partial charge < -0.3 is 14.6 Å². The summed E-state index contributed by atoms with van der Waals surface area (Å²) < 4.78 is 11.9. The summed E-state index contributed by atoms with van der Waals surface area (Å²) in [7, 11) is 0. The van der Waals surface area contributed by atoms with Gasteiger partial charge in [0.1, 0.15) is 24.1 Å². The van der Waals surface area contributed by atoms with E-state index >= 15 is 0 Å². The summed E-state index contributed by atoms with van der Waals surface area (Å²) in [6.45, 7) is 4.01. The molecule has 0 saturated carbocycles. The highest BCUT2D eigenvalue weighted by Gasteiger charge is 2.44. The van der Waals surface area contributed by atoms with Crippen LogP contribution in [0.15, 0.2) is 30.3 Å². The van der Waals surface area contributed by atoms with Gasteiger partial charge >= 0.3 is 5.97 Å². The molecule has 30 heavy (non-hydrogen) atoms. The number of halogens is 3. The molecule has 0 amide bonds. The van der Waals surface area contributed by atoms with Gasteiger partial charge in [-0.05, 0) is 63.2 Å². The first-order chi connectivity index (χ1) is 14.3. The fourth-order valence-corrected chi connectivity index (χ4v) is 5.13. The molecule has 2 aromatic carbocycles. The average Bonchev–Trinajstić information content (AvgIpc) is 3.05. The summed E-state index contributed by atoms with van der Waals surface area (Å²) in [4.78, 5) is 13.3. The molecule has 8 heteroatoms. The Kier molecular flexibility index (Phi) is 6.08. The Morgan fingerprint density at radius 2 is 1.87 bits per heavy atom. The van der Waals surface area contributed by atoms with Crippen molar-refractivity contribution in [2.24, 2.45) is 0 Å². The van der Waals surface area contributed by atoms with Crippen molar-refractivity contribution >= 4 is 40.8 Å². The van der Waals surface area contributed by atoms with Crippen molar-refractivity contribution in [3.05, 3.63) is 56.5 Å². The number of hydrogen-bond acceptors (Lipinski definition) is 4. The first kappa shape index (κ1) is 21.6. The molecule has 2 aliphatic heterocycles. The second kappa shape index (κ2) is 8.46. The Balaban J connectivity index is 1.50. The number of benzene rings is 2. The van der Waals surface area contributed by atoms with Gasteiger partial charge in [-0.3, -0.25) is 9.69 Å². The Bertz CT molecular complexity index is 950. The summed E-state index contributed by atoms with van der Waals surface area (Å²) in [5.41, 5.74) is 1.69. The van der Waals surface area contributed by atoms with Crippen molar-refractivity contribution in [2.75, 3.05) is 19.7 Å². The predicted molar refractivity (Wildman–Crippen MR) is 117 cm³/mol. The highest BCUT2D eigenvalue weighted by atomic mass is 35.5. The van der Waals surface area contributed by atoms with E-state index in [1.165, 1.54) is 0 Å². The van der Waals surface area contributed by atoms with Crippen molar-refractivity contribution < 1.29 is 19.4 Å². The Morgan fingerprint density at radius 3 is 2.50 bits per heavy atom. The molecule has 1 saturated heterocycles. The van der Waals surface area contributed by atoms with Crippen LogP contribution < -0.4 is 9.47 Å². The number of likely N-dealkylation sites (tertiary alicyclic amines) is 1. The molecule has 2 heterocycles. The van der Waals surface area contributed by atoms with Gasteiger partial charge in [0.2, 0.25) is 0 Å². The number of aliphatic carboxylic acids is 1. The molecule has 1 unspecified atom stereocenters. The Morgan fingerprint density at radius 1 is 1.20 bits per heavy atom. The standard InChI is InChI=1S/C22H22Cl3NO4/c1-13(21(27)28)26-6-4-22(5-7-26)12-30-20-3-2-15(10-17(20)22)29-11-16-18(24)8-14(23)9-19(16)25/h2-3,8-10,13H,4-7,11-12H2,1H3,(H,27,28). The van der Waals surface area contributed by atoms with E-state index in [4.69, 9.17) is 44.3 Å². The van der Waals surface area contributed by atoms with Crippen LogP contribution in [0, 0.1) is 0 Å². The number of carbonyl (C=O) groups is 1. The first-order valence-corrected chi connectivity index (χ1v) is 10.9. The number of carboxylic acid groups (broad SMARTS) is 1. The SMILES string of the molecule is CC(C(=O)O)N1CCC2(CC1)COc1ccc(OCc3c(Cl)cc(Cl)cc3Cl)cc12. The van der Waals surface area contributed by atoms with Gasteiger partial charge in [0, 0.05) is 21.6 Å². The highest BCUT2D eigenvalue weighted by Crippen LogP contribution is 2.47. The zero-order chi connectivity index (χ0) is 21.5. The van der Waals surface area contributed by atoms with Crippen LogP contribution in [0.2, 0.25) is 15.1 Å². The van der Waals surface area contributed by atoms with Crippen LogP contribution in [0.3, 0.4) is 0 Å². The van der Waals surface area contributed by atoms with Crippen molar-refractivity contribution in [3.8, 4) is 11.5 Å². The molecule has 4 rings (SSSR count). The third kappa shape index (κ3) is 4.09. The minimum Gasteiger partial charge on any atom is -0.492 e. The van der Waals surface area contributed by atoms with Crippen molar-refractivity contribution in [2.45, 2.75) is 37.8 Å². The van der Waals surface area contributed by atoms with Gasteiger partial charge in [-0.1, -0.05) is 34.8 Å². The molecule has 0 aromatic heterocycles. The molecule has 1 spiro atoms. The fraction of sp³-hybridized carbons (Fsp3) is 0.409. The zero-order valence-electron chi connectivity index (χ0n) is 16.5. The van der Waals surface area contributed by atoms with E-state index in [0.717, 1.165) is 37.2 Å². The lowest BCUT2D eigenvalue weighted by molar-refractivity contribution is -0.143. The molecule has 0 aliphatic carbocycles. The van der Waals surface area contributed by atoms with Crippen LogP contribution in [0.5, 0.6) is 11.5 Å². The van der Waals surface area contributed by atoms with E-state index in [1.807, 2.05) is 23.1 Å². The molecule has 2 aromatic rings. The van der Waals surface area contributed by atoms with E-state index in [9.17, 15) is 9.90 Å². The molecule has 160 valence electrons. The summed E-state index contributed by atoms with van der Waals surface area (Å²) in [6.07, 6.45) is 1.69. The van der Waals surface area contributed by atoms with Crippen molar-refractivity contribution in [1.29, 1.82) is 0 Å². The van der Waals surface area contributed by atoms with Crippen LogP contribution >= 0.6 is 34.8 Å². The molecule has 2 aliphatic rings. The first-order valence-electron chi connectivity index (χ1n) is 9.79. The largest absolute Gasteiger partial charge is 0.492 e. The Labute approximate surface area is 190 Å². The maximum absolute atomic E-state index is 11.3. The maximum Gasteiger partial charge on any atom is 0.320 e. The zero-order valence-corrected chi connectivity index (χ0v) is 18.7. The topological polar surface area (TPSA) is 59.0 Å². The molecule has 1 N–H and O–H groups in total. The normalized spacial score (nSPS) is 18.7. The number of rotatable bonds is 5. The molecule has 0 radical (unpaired) electrons. The number of piperidine rings is 1. The molecular weight excluding hydrogens is 449 g/mol. The van der Waals surface area contributed by atoms with Crippen molar-refractivity contribution in [1.82, 2.24) is 4.90 Å². The van der Waals surface area contributed by atoms with E-state index in [2.05, 4.69) is 0 Å². The Hall–Kier alpha value is -1.66. The molecule has 0 bridgehead atoms. The monoisotopic (exact) mass is 469 g/mol. The molecule has 5 nitrogen and oxygen atoms in total. The quantitative estimate of drug-likeness (QED) is 0.632. The second-order valence-corrected chi connectivity index (χ2v) is 9.16. The van der Waals surface area contributed by atoms with Crippen LogP contribution in [0.4, 0.5) is 0 Å². The molecule has 1 fully saturated rings. The maximum atomic E-state index is 11.3. The number of hydrogen-bond donors (Lipinski definition) is 1. The van der Waals surface area contributed by atoms with E-state index in [0.29, 0.717) is 33.0 Å². The third-order valence-electron chi connectivity index (χ3n) is 6.18. The van der Waals surface area contributed by atoms with Crippen LogP contribution in [-0.2, 0) is 16.8 Å². The molecular formula is C22H22Cl3NO4. The van der Waals surface area contributed by atoms with Gasteiger partial charge in [-0.2, -0.15) is 0 Å². The predicted octanol–water partition coefficient (Wildman–Crippen LogP) is 5.42. The minimum absolute atomic E-state index is 0.112. The number of ether oxygens (including phenoxy) is 2. The van der Waals surface area contributed by atoms with Gasteiger partial charge in [-0.15, -0.1) is 0 Å². The van der Waals surface area contributed by atoms with E-state index < -0.39 is 12.0 Å². The lowest BCUT2D eigenvalue weighted by Crippen LogP contribution is -2.49. The number of nitrogens with zero attached hydrogens (tertiary/aromatic N) is 1. The average molecular weight is 471 g/mol. The fourth-order valence-electron chi connectivity index (χ4n) is 4.21. The van der Waals surface area contributed by atoms with Gasteiger partial charge in [0.05, 0.1) is 16.7 Å². The van der Waals surface area contributed by atoms with Crippen LogP contribution in [-0.4, -0.2) is 41.7 Å². The van der Waals surface area contributed by atoms with Crippen molar-refractivity contribution in [3.63, 3.8) is 0 Å². The third-order valence-corrected chi connectivity index (χ3v) is 7.07. The second-order valence-electron chi connectivity index (χ2n) is 7.91. The summed E-state index contributed by atoms with van der Waals surface area (Å²) in [5.74, 6) is 0.788. The smallest absolute Gasteiger partial charge is 0.320 e. The summed E-state index contributed by atoms with van der Waals surface area (Å²) >= 11 is 18.5. The lowest BCUT2D eigenvalue weighted by Gasteiger charge is -2.40.